The predicted molar refractivity (Wildman–Crippen MR) is 113 cm³/mol. The number of aromatic amines is 1. The SMILES string of the molecule is CSN1CCOCC1c1ccc2[nH]c(C(NC=O)C3CCC(C)CC3)nc2c1F. The first kappa shape index (κ1) is 20.6. The van der Waals surface area contributed by atoms with Crippen molar-refractivity contribution in [2.24, 2.45) is 11.8 Å². The van der Waals surface area contributed by atoms with Crippen molar-refractivity contribution in [3.63, 3.8) is 0 Å². The Balaban J connectivity index is 1.66. The standard InChI is InChI=1S/C21H29FN4O2S/c1-13-3-5-14(6-4-13)19(23-12-27)21-24-16-8-7-15(18(22)20(16)25-21)17-11-28-10-9-26(17)29-2/h7-8,12-14,17,19H,3-6,9-11H2,1-2H3,(H,23,27)(H,24,25). The van der Waals surface area contributed by atoms with Gasteiger partial charge in [-0.1, -0.05) is 37.8 Å². The van der Waals surface area contributed by atoms with E-state index in [0.717, 1.165) is 44.6 Å². The van der Waals surface area contributed by atoms with Crippen LogP contribution in [0.4, 0.5) is 4.39 Å². The number of rotatable bonds is 6. The number of amides is 1. The second-order valence-corrected chi connectivity index (χ2v) is 9.02. The number of hydrogen-bond acceptors (Lipinski definition) is 5. The molecular weight excluding hydrogens is 391 g/mol. The summed E-state index contributed by atoms with van der Waals surface area (Å²) < 4.78 is 23.2. The van der Waals surface area contributed by atoms with Crippen LogP contribution in [0.1, 0.15) is 56.1 Å². The maximum atomic E-state index is 15.5. The minimum atomic E-state index is -0.304. The molecule has 0 radical (unpaired) electrons. The molecule has 2 atom stereocenters. The fraction of sp³-hybridized carbons (Fsp3) is 0.619. The Hall–Kier alpha value is -1.64. The molecule has 2 N–H and O–H groups in total. The first-order chi connectivity index (χ1) is 14.1. The van der Waals surface area contributed by atoms with Crippen LogP contribution in [0.25, 0.3) is 11.0 Å². The number of aromatic nitrogens is 2. The highest BCUT2D eigenvalue weighted by Gasteiger charge is 2.31. The molecule has 0 spiro atoms. The fourth-order valence-electron chi connectivity index (χ4n) is 4.66. The predicted octanol–water partition coefficient (Wildman–Crippen LogP) is 3.97. The second-order valence-electron chi connectivity index (χ2n) is 8.18. The number of morpholine rings is 1. The number of carbonyl (C=O) groups excluding carboxylic acids is 1. The van der Waals surface area contributed by atoms with E-state index < -0.39 is 0 Å². The van der Waals surface area contributed by atoms with Crippen LogP contribution in [0, 0.1) is 17.7 Å². The molecule has 29 heavy (non-hydrogen) atoms. The van der Waals surface area contributed by atoms with Crippen LogP contribution in [0.2, 0.25) is 0 Å². The fourth-order valence-corrected chi connectivity index (χ4v) is 5.35. The third-order valence-corrected chi connectivity index (χ3v) is 7.29. The molecule has 1 saturated carbocycles. The number of imidazole rings is 1. The van der Waals surface area contributed by atoms with Gasteiger partial charge in [0.25, 0.3) is 0 Å². The molecule has 2 unspecified atom stereocenters. The summed E-state index contributed by atoms with van der Waals surface area (Å²) in [6.45, 7) is 4.16. The minimum Gasteiger partial charge on any atom is -0.378 e. The van der Waals surface area contributed by atoms with E-state index in [1.54, 1.807) is 11.9 Å². The molecule has 1 aliphatic carbocycles. The van der Waals surface area contributed by atoms with Crippen molar-refractivity contribution < 1.29 is 13.9 Å². The zero-order valence-corrected chi connectivity index (χ0v) is 17.8. The van der Waals surface area contributed by atoms with Crippen molar-refractivity contribution in [2.45, 2.75) is 44.7 Å². The highest BCUT2D eigenvalue weighted by atomic mass is 32.2. The lowest BCUT2D eigenvalue weighted by atomic mass is 9.79. The molecular formula is C21H29FN4O2S. The number of nitrogens with zero attached hydrogens (tertiary/aromatic N) is 2. The molecule has 2 heterocycles. The van der Waals surface area contributed by atoms with Gasteiger partial charge in [0, 0.05) is 12.1 Å². The highest BCUT2D eigenvalue weighted by molar-refractivity contribution is 7.96. The van der Waals surface area contributed by atoms with E-state index in [-0.39, 0.29) is 17.9 Å². The number of carbonyl (C=O) groups is 1. The third-order valence-electron chi connectivity index (χ3n) is 6.39. The Kier molecular flexibility index (Phi) is 6.41. The van der Waals surface area contributed by atoms with Crippen LogP contribution >= 0.6 is 11.9 Å². The first-order valence-electron chi connectivity index (χ1n) is 10.4. The third kappa shape index (κ3) is 4.15. The monoisotopic (exact) mass is 420 g/mol. The van der Waals surface area contributed by atoms with Crippen LogP contribution < -0.4 is 5.32 Å². The van der Waals surface area contributed by atoms with Gasteiger partial charge in [-0.25, -0.2) is 13.7 Å². The van der Waals surface area contributed by atoms with Gasteiger partial charge in [-0.05, 0) is 37.0 Å². The van der Waals surface area contributed by atoms with E-state index >= 15 is 4.39 Å². The summed E-state index contributed by atoms with van der Waals surface area (Å²) >= 11 is 1.61. The zero-order valence-electron chi connectivity index (χ0n) is 17.0. The number of benzene rings is 1. The van der Waals surface area contributed by atoms with E-state index in [2.05, 4.69) is 26.5 Å². The number of fused-ring (bicyclic) bond motifs is 1. The second kappa shape index (κ2) is 9.02. The molecule has 2 aromatic rings. The number of halogens is 1. The molecule has 4 rings (SSSR count). The zero-order chi connectivity index (χ0) is 20.4. The van der Waals surface area contributed by atoms with Crippen LogP contribution in [-0.2, 0) is 9.53 Å². The van der Waals surface area contributed by atoms with E-state index in [1.165, 1.54) is 0 Å². The van der Waals surface area contributed by atoms with Gasteiger partial charge in [0.15, 0.2) is 5.82 Å². The molecule has 1 aromatic heterocycles. The van der Waals surface area contributed by atoms with Crippen molar-refractivity contribution in [3.05, 3.63) is 29.3 Å². The minimum absolute atomic E-state index is 0.132. The van der Waals surface area contributed by atoms with Gasteiger partial charge in [0.05, 0.1) is 30.8 Å². The van der Waals surface area contributed by atoms with Gasteiger partial charge in [-0.3, -0.25) is 4.79 Å². The summed E-state index contributed by atoms with van der Waals surface area (Å²) in [7, 11) is 0. The largest absolute Gasteiger partial charge is 0.378 e. The molecule has 2 fully saturated rings. The van der Waals surface area contributed by atoms with E-state index in [4.69, 9.17) is 4.74 Å². The van der Waals surface area contributed by atoms with Gasteiger partial charge < -0.3 is 15.0 Å². The summed E-state index contributed by atoms with van der Waals surface area (Å²) in [6, 6.07) is 3.37. The van der Waals surface area contributed by atoms with Crippen molar-refractivity contribution in [2.75, 3.05) is 26.0 Å². The van der Waals surface area contributed by atoms with Crippen LogP contribution in [0.3, 0.4) is 0 Å². The highest BCUT2D eigenvalue weighted by Crippen LogP contribution is 2.37. The van der Waals surface area contributed by atoms with Gasteiger partial charge in [-0.2, -0.15) is 0 Å². The molecule has 1 saturated heterocycles. The van der Waals surface area contributed by atoms with E-state index in [9.17, 15) is 4.79 Å². The molecule has 2 aliphatic rings. The van der Waals surface area contributed by atoms with E-state index in [1.807, 2.05) is 18.4 Å². The Morgan fingerprint density at radius 3 is 2.90 bits per heavy atom. The van der Waals surface area contributed by atoms with Crippen LogP contribution in [0.15, 0.2) is 12.1 Å². The van der Waals surface area contributed by atoms with Gasteiger partial charge in [0.2, 0.25) is 6.41 Å². The summed E-state index contributed by atoms with van der Waals surface area (Å²) in [5, 5.41) is 2.93. The topological polar surface area (TPSA) is 70.2 Å². The first-order valence-corrected chi connectivity index (χ1v) is 11.6. The van der Waals surface area contributed by atoms with Crippen LogP contribution in [0.5, 0.6) is 0 Å². The van der Waals surface area contributed by atoms with Gasteiger partial charge in [0.1, 0.15) is 11.3 Å². The Morgan fingerprint density at radius 2 is 2.17 bits per heavy atom. The molecule has 1 amide bonds. The lowest BCUT2D eigenvalue weighted by Crippen LogP contribution is -2.35. The van der Waals surface area contributed by atoms with Gasteiger partial charge in [-0.15, -0.1) is 0 Å². The maximum Gasteiger partial charge on any atom is 0.207 e. The number of ether oxygens (including phenoxy) is 1. The average molecular weight is 421 g/mol. The lowest BCUT2D eigenvalue weighted by Gasteiger charge is -2.33. The number of H-pyrrole nitrogens is 1. The molecule has 158 valence electrons. The van der Waals surface area contributed by atoms with Crippen molar-refractivity contribution >= 4 is 29.4 Å². The lowest BCUT2D eigenvalue weighted by molar-refractivity contribution is -0.110. The summed E-state index contributed by atoms with van der Waals surface area (Å²) in [6.07, 6.45) is 7.11. The maximum absolute atomic E-state index is 15.5. The van der Waals surface area contributed by atoms with Crippen molar-refractivity contribution in [3.8, 4) is 0 Å². The smallest absolute Gasteiger partial charge is 0.207 e. The molecule has 1 aromatic carbocycles. The Morgan fingerprint density at radius 1 is 1.38 bits per heavy atom. The molecule has 8 heteroatoms. The quantitative estimate of drug-likeness (QED) is 0.547. The Labute approximate surface area is 175 Å². The molecule has 6 nitrogen and oxygen atoms in total. The molecule has 1 aliphatic heterocycles. The Bertz CT molecular complexity index is 853. The van der Waals surface area contributed by atoms with Gasteiger partial charge >= 0.3 is 0 Å². The van der Waals surface area contributed by atoms with E-state index in [0.29, 0.717) is 41.6 Å². The van der Waals surface area contributed by atoms with Crippen LogP contribution in [-0.4, -0.2) is 46.7 Å². The van der Waals surface area contributed by atoms with Crippen molar-refractivity contribution in [1.29, 1.82) is 0 Å². The molecule has 0 bridgehead atoms. The summed E-state index contributed by atoms with van der Waals surface area (Å²) in [4.78, 5) is 19.1. The number of hydrogen-bond donors (Lipinski definition) is 2. The van der Waals surface area contributed by atoms with Crippen molar-refractivity contribution in [1.82, 2.24) is 19.6 Å². The number of nitrogens with one attached hydrogen (secondary N) is 2. The summed E-state index contributed by atoms with van der Waals surface area (Å²) in [5.41, 5.74) is 1.61. The average Bonchev–Trinajstić information content (AvgIpc) is 3.18. The summed E-state index contributed by atoms with van der Waals surface area (Å²) in [5.74, 6) is 1.38. The normalized spacial score (nSPS) is 27.1.